The summed E-state index contributed by atoms with van der Waals surface area (Å²) >= 11 is 0. The summed E-state index contributed by atoms with van der Waals surface area (Å²) in [6.07, 6.45) is 7.87. The summed E-state index contributed by atoms with van der Waals surface area (Å²) in [6.45, 7) is 6.39. The number of hydrogen-bond acceptors (Lipinski definition) is 5. The average Bonchev–Trinajstić information content (AvgIpc) is 3.25. The molecule has 1 aliphatic heterocycles. The lowest BCUT2D eigenvalue weighted by Gasteiger charge is -2.31. The fraction of sp³-hybridized carbons (Fsp3) is 0.409. The molecule has 0 aliphatic carbocycles. The molecular weight excluding hydrogens is 348 g/mol. The van der Waals surface area contributed by atoms with E-state index in [4.69, 9.17) is 0 Å². The lowest BCUT2D eigenvalue weighted by molar-refractivity contribution is 0.172. The second kappa shape index (κ2) is 8.52. The van der Waals surface area contributed by atoms with Crippen molar-refractivity contribution in [2.45, 2.75) is 32.4 Å². The van der Waals surface area contributed by atoms with Gasteiger partial charge in [0, 0.05) is 56.9 Å². The first-order chi connectivity index (χ1) is 13.7. The largest absolute Gasteiger partial charge is 0.375 e. The van der Waals surface area contributed by atoms with E-state index >= 15 is 0 Å². The predicted molar refractivity (Wildman–Crippen MR) is 112 cm³/mol. The van der Waals surface area contributed by atoms with Crippen LogP contribution in [0.4, 0.5) is 5.69 Å². The second-order valence-corrected chi connectivity index (χ2v) is 7.51. The number of nitrogens with zero attached hydrogens (tertiary/aromatic N) is 6. The van der Waals surface area contributed by atoms with Crippen LogP contribution in [0.3, 0.4) is 0 Å². The first kappa shape index (κ1) is 18.6. The second-order valence-electron chi connectivity index (χ2n) is 7.51. The summed E-state index contributed by atoms with van der Waals surface area (Å²) in [5.74, 6) is 0. The van der Waals surface area contributed by atoms with Crippen LogP contribution in [0.15, 0.2) is 55.0 Å². The molecule has 0 bridgehead atoms. The van der Waals surface area contributed by atoms with Gasteiger partial charge < -0.3 is 4.90 Å². The van der Waals surface area contributed by atoms with Crippen molar-refractivity contribution in [3.05, 3.63) is 60.6 Å². The van der Waals surface area contributed by atoms with Gasteiger partial charge in [-0.3, -0.25) is 9.88 Å². The van der Waals surface area contributed by atoms with Gasteiger partial charge in [-0.25, -0.2) is 4.68 Å². The van der Waals surface area contributed by atoms with Crippen molar-refractivity contribution in [2.75, 3.05) is 31.6 Å². The fourth-order valence-electron chi connectivity index (χ4n) is 3.74. The van der Waals surface area contributed by atoms with Crippen LogP contribution in [0.25, 0.3) is 11.3 Å². The van der Waals surface area contributed by atoms with Crippen LogP contribution in [-0.4, -0.2) is 51.6 Å². The molecule has 3 aromatic rings. The molecule has 4 rings (SSSR count). The summed E-state index contributed by atoms with van der Waals surface area (Å²) < 4.78 is 2.04. The van der Waals surface area contributed by atoms with Crippen LogP contribution in [0, 0.1) is 0 Å². The molecule has 1 aliphatic rings. The van der Waals surface area contributed by atoms with Gasteiger partial charge in [0.2, 0.25) is 0 Å². The van der Waals surface area contributed by atoms with Gasteiger partial charge >= 0.3 is 0 Å². The van der Waals surface area contributed by atoms with Crippen molar-refractivity contribution in [2.24, 2.45) is 0 Å². The summed E-state index contributed by atoms with van der Waals surface area (Å²) in [6, 6.07) is 13.3. The van der Waals surface area contributed by atoms with Gasteiger partial charge in [0.05, 0.1) is 12.2 Å². The highest BCUT2D eigenvalue weighted by atomic mass is 15.4. The van der Waals surface area contributed by atoms with Crippen molar-refractivity contribution < 1.29 is 0 Å². The zero-order valence-electron chi connectivity index (χ0n) is 16.7. The maximum atomic E-state index is 4.38. The molecule has 146 valence electrons. The van der Waals surface area contributed by atoms with Crippen LogP contribution in [0.2, 0.25) is 0 Å². The minimum Gasteiger partial charge on any atom is -0.375 e. The Bertz CT molecular complexity index is 866. The molecule has 0 saturated carbocycles. The number of aromatic nitrogens is 4. The molecule has 0 spiro atoms. The molecule has 0 radical (unpaired) electrons. The van der Waals surface area contributed by atoms with E-state index in [1.165, 1.54) is 11.3 Å². The molecule has 6 heteroatoms. The molecular formula is C22H28N6. The minimum atomic E-state index is 0.426. The summed E-state index contributed by atoms with van der Waals surface area (Å²) in [5, 5.41) is 8.71. The van der Waals surface area contributed by atoms with E-state index in [0.29, 0.717) is 6.04 Å². The molecule has 0 amide bonds. The van der Waals surface area contributed by atoms with Crippen molar-refractivity contribution in [1.82, 2.24) is 24.9 Å². The third kappa shape index (κ3) is 4.22. The Kier molecular flexibility index (Phi) is 5.67. The number of benzene rings is 1. The van der Waals surface area contributed by atoms with Crippen LogP contribution in [0.1, 0.15) is 31.4 Å². The van der Waals surface area contributed by atoms with E-state index in [1.54, 1.807) is 6.20 Å². The van der Waals surface area contributed by atoms with E-state index in [-0.39, 0.29) is 0 Å². The molecule has 1 fully saturated rings. The molecule has 28 heavy (non-hydrogen) atoms. The lowest BCUT2D eigenvalue weighted by Crippen LogP contribution is -2.34. The monoisotopic (exact) mass is 376 g/mol. The van der Waals surface area contributed by atoms with Gasteiger partial charge in [0.15, 0.2) is 0 Å². The molecule has 0 atom stereocenters. The summed E-state index contributed by atoms with van der Waals surface area (Å²) in [7, 11) is 2.13. The molecule has 0 N–H and O–H groups in total. The van der Waals surface area contributed by atoms with Crippen LogP contribution in [0.5, 0.6) is 0 Å². The number of anilines is 1. The Morgan fingerprint density at radius 1 is 1.11 bits per heavy atom. The highest BCUT2D eigenvalue weighted by Gasteiger charge is 2.22. The number of pyridine rings is 1. The minimum absolute atomic E-state index is 0.426. The Hall–Kier alpha value is -2.73. The van der Waals surface area contributed by atoms with Crippen molar-refractivity contribution in [1.29, 1.82) is 0 Å². The Morgan fingerprint density at radius 3 is 2.57 bits per heavy atom. The highest BCUT2D eigenvalue weighted by Crippen LogP contribution is 2.25. The molecule has 3 heterocycles. The lowest BCUT2D eigenvalue weighted by atomic mass is 10.0. The van der Waals surface area contributed by atoms with Crippen LogP contribution in [-0.2, 0) is 6.54 Å². The molecule has 2 aromatic heterocycles. The van der Waals surface area contributed by atoms with E-state index in [1.807, 2.05) is 23.0 Å². The molecule has 1 saturated heterocycles. The van der Waals surface area contributed by atoms with Crippen LogP contribution >= 0.6 is 0 Å². The Labute approximate surface area is 166 Å². The van der Waals surface area contributed by atoms with Crippen molar-refractivity contribution in [3.63, 3.8) is 0 Å². The van der Waals surface area contributed by atoms with E-state index < -0.39 is 0 Å². The topological polar surface area (TPSA) is 50.1 Å². The molecule has 0 unspecified atom stereocenters. The van der Waals surface area contributed by atoms with Crippen LogP contribution < -0.4 is 4.90 Å². The smallest absolute Gasteiger partial charge is 0.114 e. The number of rotatable bonds is 6. The fourth-order valence-corrected chi connectivity index (χ4v) is 3.74. The van der Waals surface area contributed by atoms with Gasteiger partial charge in [-0.05, 0) is 49.6 Å². The first-order valence-electron chi connectivity index (χ1n) is 10.1. The predicted octanol–water partition coefficient (Wildman–Crippen LogP) is 3.63. The van der Waals surface area contributed by atoms with Gasteiger partial charge in [0.1, 0.15) is 5.69 Å². The maximum Gasteiger partial charge on any atom is 0.114 e. The van der Waals surface area contributed by atoms with Crippen molar-refractivity contribution in [3.8, 4) is 11.3 Å². The maximum absolute atomic E-state index is 4.38. The van der Waals surface area contributed by atoms with E-state index in [9.17, 15) is 0 Å². The third-order valence-electron chi connectivity index (χ3n) is 5.66. The van der Waals surface area contributed by atoms with Gasteiger partial charge in [-0.15, -0.1) is 5.10 Å². The Balaban J connectivity index is 1.32. The van der Waals surface area contributed by atoms with Gasteiger partial charge in [-0.2, -0.15) is 0 Å². The standard InChI is InChI=1S/C22H28N6/c1-3-26(2)20-8-6-18(7-9-20)16-27-13-10-21(11-14-27)28-17-22(24-25-28)19-5-4-12-23-15-19/h4-9,12,15,17,21H,3,10-11,13-14,16H2,1-2H3. The zero-order chi connectivity index (χ0) is 19.3. The van der Waals surface area contributed by atoms with E-state index in [0.717, 1.165) is 50.3 Å². The SMILES string of the molecule is CCN(C)c1ccc(CN2CCC(n3cc(-c4cccnc4)nn3)CC2)cc1. The third-order valence-corrected chi connectivity index (χ3v) is 5.66. The van der Waals surface area contributed by atoms with Gasteiger partial charge in [-0.1, -0.05) is 17.3 Å². The number of piperidine rings is 1. The summed E-state index contributed by atoms with van der Waals surface area (Å²) in [5.41, 5.74) is 4.57. The normalized spacial score (nSPS) is 15.6. The van der Waals surface area contributed by atoms with Crippen molar-refractivity contribution >= 4 is 5.69 Å². The highest BCUT2D eigenvalue weighted by molar-refractivity contribution is 5.55. The van der Waals surface area contributed by atoms with Gasteiger partial charge in [0.25, 0.3) is 0 Å². The quantitative estimate of drug-likeness (QED) is 0.657. The Morgan fingerprint density at radius 2 is 1.89 bits per heavy atom. The zero-order valence-corrected chi connectivity index (χ0v) is 16.7. The van der Waals surface area contributed by atoms with E-state index in [2.05, 4.69) is 69.5 Å². The first-order valence-corrected chi connectivity index (χ1v) is 10.1. The average molecular weight is 377 g/mol. The summed E-state index contributed by atoms with van der Waals surface area (Å²) in [4.78, 5) is 8.96. The number of likely N-dealkylation sites (tertiary alicyclic amines) is 1. The number of hydrogen-bond donors (Lipinski definition) is 0. The molecule has 6 nitrogen and oxygen atoms in total. The molecule has 1 aromatic carbocycles.